The van der Waals surface area contributed by atoms with Crippen LogP contribution in [0.1, 0.15) is 53.4 Å². The molecule has 1 atom stereocenters. The van der Waals surface area contributed by atoms with Gasteiger partial charge in [0.25, 0.3) is 5.91 Å². The Bertz CT molecular complexity index is 958. The molecule has 1 aliphatic heterocycles. The molecule has 6 nitrogen and oxygen atoms in total. The van der Waals surface area contributed by atoms with E-state index in [1.807, 2.05) is 68.9 Å². The van der Waals surface area contributed by atoms with E-state index >= 15 is 0 Å². The predicted molar refractivity (Wildman–Crippen MR) is 107 cm³/mol. The highest BCUT2D eigenvalue weighted by Gasteiger charge is 2.26. The van der Waals surface area contributed by atoms with Crippen molar-refractivity contribution in [3.8, 4) is 0 Å². The molecular weight excluding hydrogens is 352 g/mol. The fourth-order valence-corrected chi connectivity index (χ4v) is 3.75. The molecule has 6 heteroatoms. The number of benzene rings is 1. The van der Waals surface area contributed by atoms with Crippen LogP contribution in [-0.4, -0.2) is 36.8 Å². The highest BCUT2D eigenvalue weighted by atomic mass is 16.3. The Balaban J connectivity index is 1.48. The number of hydrogen-bond acceptors (Lipinski definition) is 3. The molecule has 146 valence electrons. The summed E-state index contributed by atoms with van der Waals surface area (Å²) in [7, 11) is 0. The monoisotopic (exact) mass is 378 g/mol. The van der Waals surface area contributed by atoms with Crippen LogP contribution in [0.3, 0.4) is 0 Å². The second-order valence-electron chi connectivity index (χ2n) is 7.61. The molecule has 0 radical (unpaired) electrons. The zero-order valence-corrected chi connectivity index (χ0v) is 16.3. The lowest BCUT2D eigenvalue weighted by molar-refractivity contribution is 0.0693. The van der Waals surface area contributed by atoms with Crippen LogP contribution in [0.25, 0.3) is 0 Å². The van der Waals surface area contributed by atoms with Gasteiger partial charge in [0.15, 0.2) is 0 Å². The van der Waals surface area contributed by atoms with Crippen molar-refractivity contribution in [3.63, 3.8) is 0 Å². The molecule has 0 bridgehead atoms. The summed E-state index contributed by atoms with van der Waals surface area (Å²) in [5.41, 5.74) is 3.42. The van der Waals surface area contributed by atoms with Gasteiger partial charge in [-0.2, -0.15) is 5.10 Å². The van der Waals surface area contributed by atoms with Crippen molar-refractivity contribution < 1.29 is 9.90 Å². The van der Waals surface area contributed by atoms with Crippen LogP contribution in [0, 0.1) is 0 Å². The van der Waals surface area contributed by atoms with Gasteiger partial charge in [0.2, 0.25) is 0 Å². The molecule has 4 rings (SSSR count). The van der Waals surface area contributed by atoms with Crippen LogP contribution in [0.5, 0.6) is 0 Å². The molecule has 0 saturated heterocycles. The normalized spacial score (nSPS) is 14.9. The molecule has 0 fully saturated rings. The molecule has 1 aliphatic rings. The van der Waals surface area contributed by atoms with Crippen LogP contribution in [0.15, 0.2) is 54.7 Å². The van der Waals surface area contributed by atoms with Gasteiger partial charge in [-0.05, 0) is 37.6 Å². The Labute approximate surface area is 165 Å². The van der Waals surface area contributed by atoms with Crippen molar-refractivity contribution in [1.29, 1.82) is 0 Å². The number of nitrogens with zero attached hydrogens (tertiary/aromatic N) is 4. The lowest BCUT2D eigenvalue weighted by atomic mass is 10.1. The third-order valence-corrected chi connectivity index (χ3v) is 5.27. The molecule has 3 heterocycles. The first-order valence-corrected chi connectivity index (χ1v) is 9.77. The first-order chi connectivity index (χ1) is 13.5. The Morgan fingerprint density at radius 2 is 1.93 bits per heavy atom. The van der Waals surface area contributed by atoms with Crippen molar-refractivity contribution in [3.05, 3.63) is 77.4 Å². The Kier molecular flexibility index (Phi) is 5.05. The maximum Gasteiger partial charge on any atom is 0.270 e. The van der Waals surface area contributed by atoms with E-state index in [1.165, 1.54) is 0 Å². The summed E-state index contributed by atoms with van der Waals surface area (Å²) in [6, 6.07) is 15.9. The molecule has 0 spiro atoms. The quantitative estimate of drug-likeness (QED) is 0.742. The lowest BCUT2D eigenvalue weighted by Crippen LogP contribution is -2.39. The number of hydrogen-bond donors (Lipinski definition) is 1. The number of aliphatic hydroxyl groups excluding tert-OH is 1. The number of rotatable bonds is 5. The fourth-order valence-electron chi connectivity index (χ4n) is 3.75. The fraction of sp³-hybridized carbons (Fsp3) is 0.364. The topological polar surface area (TPSA) is 63.3 Å². The number of carbonyl (C=O) groups excluding carboxylic acids is 1. The number of aliphatic hydroxyl groups is 1. The van der Waals surface area contributed by atoms with Gasteiger partial charge in [-0.1, -0.05) is 30.3 Å². The number of carbonyl (C=O) groups is 1. The van der Waals surface area contributed by atoms with E-state index in [0.717, 1.165) is 11.3 Å². The van der Waals surface area contributed by atoms with Gasteiger partial charge in [0, 0.05) is 25.2 Å². The standard InChI is InChI=1S/C22H26N4O2/c1-16(2)25-10-6-9-20(25)22(28)24-11-12-26-18(15-24)14-19(23-26)21(27)13-17-7-4-3-5-8-17/h3-10,14,16,21,27H,11-13,15H2,1-2H3/t21-/m1/s1. The molecule has 2 aromatic heterocycles. The van der Waals surface area contributed by atoms with E-state index in [9.17, 15) is 9.90 Å². The van der Waals surface area contributed by atoms with Crippen LogP contribution in [-0.2, 0) is 19.5 Å². The van der Waals surface area contributed by atoms with E-state index in [-0.39, 0.29) is 11.9 Å². The molecular formula is C22H26N4O2. The minimum Gasteiger partial charge on any atom is -0.386 e. The zero-order valence-electron chi connectivity index (χ0n) is 16.3. The molecule has 0 aliphatic carbocycles. The van der Waals surface area contributed by atoms with E-state index in [2.05, 4.69) is 18.9 Å². The van der Waals surface area contributed by atoms with Crippen molar-refractivity contribution >= 4 is 5.91 Å². The summed E-state index contributed by atoms with van der Waals surface area (Å²) in [4.78, 5) is 14.9. The third-order valence-electron chi connectivity index (χ3n) is 5.27. The van der Waals surface area contributed by atoms with Crippen LogP contribution in [0.2, 0.25) is 0 Å². The highest BCUT2D eigenvalue weighted by Crippen LogP contribution is 2.23. The molecule has 0 unspecified atom stereocenters. The van der Waals surface area contributed by atoms with Crippen LogP contribution >= 0.6 is 0 Å². The van der Waals surface area contributed by atoms with Gasteiger partial charge in [0.1, 0.15) is 11.8 Å². The maximum atomic E-state index is 13.0. The summed E-state index contributed by atoms with van der Waals surface area (Å²) in [5.74, 6) is 0.0394. The predicted octanol–water partition coefficient (Wildman–Crippen LogP) is 3.20. The van der Waals surface area contributed by atoms with E-state index in [4.69, 9.17) is 0 Å². The van der Waals surface area contributed by atoms with Crippen molar-refractivity contribution in [2.75, 3.05) is 6.54 Å². The van der Waals surface area contributed by atoms with Crippen molar-refractivity contribution in [2.24, 2.45) is 0 Å². The molecule has 28 heavy (non-hydrogen) atoms. The Morgan fingerprint density at radius 1 is 1.14 bits per heavy atom. The summed E-state index contributed by atoms with van der Waals surface area (Å²) in [5, 5.41) is 15.2. The Hall–Kier alpha value is -2.86. The summed E-state index contributed by atoms with van der Waals surface area (Å²) < 4.78 is 3.91. The Morgan fingerprint density at radius 3 is 2.68 bits per heavy atom. The number of fused-ring (bicyclic) bond motifs is 1. The number of aromatic nitrogens is 3. The van der Waals surface area contributed by atoms with Gasteiger partial charge < -0.3 is 14.6 Å². The second kappa shape index (κ2) is 7.64. The van der Waals surface area contributed by atoms with E-state index in [0.29, 0.717) is 37.4 Å². The van der Waals surface area contributed by atoms with Gasteiger partial charge >= 0.3 is 0 Å². The summed E-state index contributed by atoms with van der Waals surface area (Å²) >= 11 is 0. The lowest BCUT2D eigenvalue weighted by Gasteiger charge is -2.28. The van der Waals surface area contributed by atoms with Gasteiger partial charge in [-0.15, -0.1) is 0 Å². The first kappa shape index (κ1) is 18.5. The molecule has 3 aromatic rings. The van der Waals surface area contributed by atoms with E-state index < -0.39 is 6.10 Å². The second-order valence-corrected chi connectivity index (χ2v) is 7.61. The zero-order chi connectivity index (χ0) is 19.7. The van der Waals surface area contributed by atoms with Gasteiger partial charge in [0.05, 0.1) is 24.5 Å². The van der Waals surface area contributed by atoms with Gasteiger partial charge in [-0.25, -0.2) is 0 Å². The van der Waals surface area contributed by atoms with Crippen molar-refractivity contribution in [2.45, 2.75) is 45.5 Å². The average Bonchev–Trinajstić information content (AvgIpc) is 3.34. The first-order valence-electron chi connectivity index (χ1n) is 9.77. The van der Waals surface area contributed by atoms with Crippen molar-refractivity contribution in [1.82, 2.24) is 19.2 Å². The largest absolute Gasteiger partial charge is 0.386 e. The highest BCUT2D eigenvalue weighted by molar-refractivity contribution is 5.92. The minimum atomic E-state index is -0.650. The molecule has 1 aromatic carbocycles. The average molecular weight is 378 g/mol. The SMILES string of the molecule is CC(C)n1cccc1C(=O)N1CCn2nc([C@H](O)Cc3ccccc3)cc2C1. The molecule has 1 amide bonds. The smallest absolute Gasteiger partial charge is 0.270 e. The molecule has 1 N–H and O–H groups in total. The summed E-state index contributed by atoms with van der Waals surface area (Å²) in [6.07, 6.45) is 1.83. The van der Waals surface area contributed by atoms with E-state index in [1.54, 1.807) is 0 Å². The number of amides is 1. The van der Waals surface area contributed by atoms with Gasteiger partial charge in [-0.3, -0.25) is 9.48 Å². The maximum absolute atomic E-state index is 13.0. The van der Waals surface area contributed by atoms with Crippen LogP contribution < -0.4 is 0 Å². The summed E-state index contributed by atoms with van der Waals surface area (Å²) in [6.45, 7) is 5.91. The molecule has 0 saturated carbocycles. The third kappa shape index (κ3) is 3.60. The van der Waals surface area contributed by atoms with Crippen LogP contribution in [0.4, 0.5) is 0 Å². The minimum absolute atomic E-state index is 0.0394.